The number of benzene rings is 1. The maximum absolute atomic E-state index is 12.7. The van der Waals surface area contributed by atoms with E-state index in [1.54, 1.807) is 24.4 Å². The average Bonchev–Trinajstić information content (AvgIpc) is 2.20. The number of nitrogens with zero attached hydrogens (tertiary/aromatic N) is 1. The van der Waals surface area contributed by atoms with Crippen LogP contribution in [0, 0.1) is 5.82 Å². The third-order valence-electron chi connectivity index (χ3n) is 1.98. The van der Waals surface area contributed by atoms with Crippen molar-refractivity contribution >= 4 is 21.6 Å². The van der Waals surface area contributed by atoms with Crippen LogP contribution >= 0.6 is 15.9 Å². The molecule has 0 saturated heterocycles. The minimum Gasteiger partial charge on any atom is -0.397 e. The second kappa shape index (κ2) is 3.98. The second-order valence-electron chi connectivity index (χ2n) is 3.11. The molecular weight excluding hydrogens is 259 g/mol. The summed E-state index contributed by atoms with van der Waals surface area (Å²) in [5.74, 6) is -0.259. The van der Waals surface area contributed by atoms with Gasteiger partial charge in [-0.1, -0.05) is 0 Å². The second-order valence-corrected chi connectivity index (χ2v) is 3.96. The van der Waals surface area contributed by atoms with Crippen LogP contribution in [0.1, 0.15) is 0 Å². The lowest BCUT2D eigenvalue weighted by Crippen LogP contribution is -1.90. The largest absolute Gasteiger partial charge is 0.397 e. The van der Waals surface area contributed by atoms with Crippen LogP contribution < -0.4 is 5.73 Å². The van der Waals surface area contributed by atoms with Crippen LogP contribution in [0.3, 0.4) is 0 Å². The first-order chi connectivity index (χ1) is 7.16. The van der Waals surface area contributed by atoms with Gasteiger partial charge in [-0.25, -0.2) is 4.39 Å². The molecule has 1 aromatic heterocycles. The molecule has 0 aliphatic rings. The first-order valence-corrected chi connectivity index (χ1v) is 5.13. The predicted molar refractivity (Wildman–Crippen MR) is 61.7 cm³/mol. The van der Waals surface area contributed by atoms with E-state index in [-0.39, 0.29) is 5.82 Å². The van der Waals surface area contributed by atoms with Crippen LogP contribution in [0.15, 0.2) is 41.0 Å². The van der Waals surface area contributed by atoms with Gasteiger partial charge in [-0.2, -0.15) is 0 Å². The molecule has 15 heavy (non-hydrogen) atoms. The van der Waals surface area contributed by atoms with E-state index in [1.807, 2.05) is 0 Å². The number of hydrogen-bond acceptors (Lipinski definition) is 2. The molecule has 0 spiro atoms. The van der Waals surface area contributed by atoms with Gasteiger partial charge in [0.2, 0.25) is 0 Å². The third-order valence-corrected chi connectivity index (χ3v) is 2.58. The van der Waals surface area contributed by atoms with E-state index in [0.29, 0.717) is 5.69 Å². The van der Waals surface area contributed by atoms with Gasteiger partial charge in [0, 0.05) is 10.0 Å². The van der Waals surface area contributed by atoms with Gasteiger partial charge in [-0.3, -0.25) is 4.98 Å². The quantitative estimate of drug-likeness (QED) is 0.861. The molecule has 1 aromatic carbocycles. The lowest BCUT2D eigenvalue weighted by atomic mass is 10.1. The smallest absolute Gasteiger partial charge is 0.123 e. The zero-order valence-electron chi connectivity index (χ0n) is 7.74. The molecule has 0 unspecified atom stereocenters. The Morgan fingerprint density at radius 1 is 1.20 bits per heavy atom. The van der Waals surface area contributed by atoms with Crippen LogP contribution in [-0.2, 0) is 0 Å². The Morgan fingerprint density at radius 2 is 1.87 bits per heavy atom. The molecule has 76 valence electrons. The fourth-order valence-corrected chi connectivity index (χ4v) is 1.87. The Labute approximate surface area is 95.1 Å². The van der Waals surface area contributed by atoms with Crippen molar-refractivity contribution in [1.29, 1.82) is 0 Å². The van der Waals surface area contributed by atoms with Crippen molar-refractivity contribution in [2.45, 2.75) is 0 Å². The van der Waals surface area contributed by atoms with Crippen molar-refractivity contribution in [1.82, 2.24) is 4.98 Å². The summed E-state index contributed by atoms with van der Waals surface area (Å²) in [5, 5.41) is 0. The highest BCUT2D eigenvalue weighted by Gasteiger charge is 2.04. The Kier molecular flexibility index (Phi) is 2.68. The van der Waals surface area contributed by atoms with Crippen molar-refractivity contribution in [3.63, 3.8) is 0 Å². The molecule has 2 aromatic rings. The number of aromatic nitrogens is 1. The van der Waals surface area contributed by atoms with Gasteiger partial charge < -0.3 is 5.73 Å². The Hall–Kier alpha value is -1.42. The summed E-state index contributed by atoms with van der Waals surface area (Å²) < 4.78 is 13.5. The van der Waals surface area contributed by atoms with Crippen molar-refractivity contribution < 1.29 is 4.39 Å². The van der Waals surface area contributed by atoms with Gasteiger partial charge in [0.05, 0.1) is 17.6 Å². The van der Waals surface area contributed by atoms with Crippen LogP contribution in [0.25, 0.3) is 11.3 Å². The molecule has 0 atom stereocenters. The van der Waals surface area contributed by atoms with Crippen LogP contribution in [0.2, 0.25) is 0 Å². The van der Waals surface area contributed by atoms with Crippen LogP contribution in [0.4, 0.5) is 10.1 Å². The standard InChI is InChI=1S/C11H8BrFN2/c12-10-5-9(14)6-15-11(10)7-1-3-8(13)4-2-7/h1-6H,14H2. The number of rotatable bonds is 1. The number of nitrogens with two attached hydrogens (primary N) is 1. The fourth-order valence-electron chi connectivity index (χ4n) is 1.27. The number of halogens is 2. The monoisotopic (exact) mass is 266 g/mol. The molecule has 0 fully saturated rings. The Bertz CT molecular complexity index is 482. The first-order valence-electron chi connectivity index (χ1n) is 4.34. The molecule has 2 N–H and O–H groups in total. The number of anilines is 1. The SMILES string of the molecule is Nc1cnc(-c2ccc(F)cc2)c(Br)c1. The lowest BCUT2D eigenvalue weighted by molar-refractivity contribution is 0.628. The minimum absolute atomic E-state index is 0.259. The zero-order valence-corrected chi connectivity index (χ0v) is 9.33. The summed E-state index contributed by atoms with van der Waals surface area (Å²) in [5.41, 5.74) is 7.77. The van der Waals surface area contributed by atoms with E-state index in [9.17, 15) is 4.39 Å². The van der Waals surface area contributed by atoms with E-state index in [4.69, 9.17) is 5.73 Å². The summed E-state index contributed by atoms with van der Waals surface area (Å²) in [4.78, 5) is 4.18. The van der Waals surface area contributed by atoms with Gasteiger partial charge in [0.15, 0.2) is 0 Å². The van der Waals surface area contributed by atoms with Gasteiger partial charge in [0.1, 0.15) is 5.82 Å². The number of pyridine rings is 1. The molecule has 4 heteroatoms. The summed E-state index contributed by atoms with van der Waals surface area (Å²) >= 11 is 3.37. The van der Waals surface area contributed by atoms with Gasteiger partial charge in [0.25, 0.3) is 0 Å². The van der Waals surface area contributed by atoms with Gasteiger partial charge in [-0.05, 0) is 46.3 Å². The third kappa shape index (κ3) is 2.15. The van der Waals surface area contributed by atoms with E-state index < -0.39 is 0 Å². The number of nitrogen functional groups attached to an aromatic ring is 1. The molecule has 0 amide bonds. The van der Waals surface area contributed by atoms with Crippen molar-refractivity contribution in [2.24, 2.45) is 0 Å². The highest BCUT2D eigenvalue weighted by Crippen LogP contribution is 2.27. The van der Waals surface area contributed by atoms with Crippen LogP contribution in [-0.4, -0.2) is 4.98 Å². The molecule has 0 bridgehead atoms. The zero-order chi connectivity index (χ0) is 10.8. The summed E-state index contributed by atoms with van der Waals surface area (Å²) in [6.45, 7) is 0. The van der Waals surface area contributed by atoms with Crippen molar-refractivity contribution in [2.75, 3.05) is 5.73 Å². The Morgan fingerprint density at radius 3 is 2.47 bits per heavy atom. The average molecular weight is 267 g/mol. The van der Waals surface area contributed by atoms with Gasteiger partial charge in [-0.15, -0.1) is 0 Å². The predicted octanol–water partition coefficient (Wildman–Crippen LogP) is 3.23. The molecule has 0 aliphatic heterocycles. The normalized spacial score (nSPS) is 10.3. The van der Waals surface area contributed by atoms with Crippen molar-refractivity contribution in [3.8, 4) is 11.3 Å². The van der Waals surface area contributed by atoms with Gasteiger partial charge >= 0.3 is 0 Å². The highest BCUT2D eigenvalue weighted by molar-refractivity contribution is 9.10. The lowest BCUT2D eigenvalue weighted by Gasteiger charge is -2.04. The molecule has 2 nitrogen and oxygen atoms in total. The van der Waals surface area contributed by atoms with Crippen LogP contribution in [0.5, 0.6) is 0 Å². The fraction of sp³-hybridized carbons (Fsp3) is 0. The molecule has 0 aliphatic carbocycles. The van der Waals surface area contributed by atoms with E-state index in [1.165, 1.54) is 12.1 Å². The highest BCUT2D eigenvalue weighted by atomic mass is 79.9. The summed E-state index contributed by atoms with van der Waals surface area (Å²) in [7, 11) is 0. The molecule has 2 rings (SSSR count). The minimum atomic E-state index is -0.259. The molecule has 0 radical (unpaired) electrons. The molecule has 1 heterocycles. The van der Waals surface area contributed by atoms with E-state index in [0.717, 1.165) is 15.7 Å². The number of hydrogen-bond donors (Lipinski definition) is 1. The maximum atomic E-state index is 12.7. The topological polar surface area (TPSA) is 38.9 Å². The first kappa shape index (κ1) is 10.1. The Balaban J connectivity index is 2.49. The van der Waals surface area contributed by atoms with Crippen molar-refractivity contribution in [3.05, 3.63) is 46.8 Å². The summed E-state index contributed by atoms with van der Waals surface area (Å²) in [6, 6.07) is 7.93. The van der Waals surface area contributed by atoms with E-state index >= 15 is 0 Å². The summed E-state index contributed by atoms with van der Waals surface area (Å²) in [6.07, 6.45) is 1.57. The molecule has 0 saturated carbocycles. The maximum Gasteiger partial charge on any atom is 0.123 e. The van der Waals surface area contributed by atoms with E-state index in [2.05, 4.69) is 20.9 Å². The molecular formula is C11H8BrFN2.